The van der Waals surface area contributed by atoms with Crippen LogP contribution in [0.1, 0.15) is 35.4 Å². The summed E-state index contributed by atoms with van der Waals surface area (Å²) in [6, 6.07) is 10.4. The second-order valence-electron chi connectivity index (χ2n) is 6.65. The molecule has 0 atom stereocenters. The second kappa shape index (κ2) is 9.50. The predicted octanol–water partition coefficient (Wildman–Crippen LogP) is 3.18. The van der Waals surface area contributed by atoms with Gasteiger partial charge in [0.05, 0.1) is 4.88 Å². The Morgan fingerprint density at radius 3 is 2.70 bits per heavy atom. The first kappa shape index (κ1) is 19.4. The van der Waals surface area contributed by atoms with E-state index < -0.39 is 0 Å². The minimum Gasteiger partial charge on any atom is -0.371 e. The SMILES string of the molecule is O=C(CCCNC(=O)c1cccs1)NC1CCN(c2cccc(F)c2)CC1. The molecule has 2 aromatic rings. The number of halogens is 1. The van der Waals surface area contributed by atoms with Crippen LogP contribution in [0.25, 0.3) is 0 Å². The normalized spacial score (nSPS) is 14.8. The van der Waals surface area contributed by atoms with E-state index in [1.165, 1.54) is 17.4 Å². The molecule has 7 heteroatoms. The molecule has 0 unspecified atom stereocenters. The van der Waals surface area contributed by atoms with Crippen molar-refractivity contribution >= 4 is 28.8 Å². The van der Waals surface area contributed by atoms with Gasteiger partial charge in [-0.2, -0.15) is 0 Å². The number of hydrogen-bond acceptors (Lipinski definition) is 4. The predicted molar refractivity (Wildman–Crippen MR) is 106 cm³/mol. The average Bonchev–Trinajstić information content (AvgIpc) is 3.20. The lowest BCUT2D eigenvalue weighted by molar-refractivity contribution is -0.122. The van der Waals surface area contributed by atoms with Crippen molar-refractivity contribution in [3.63, 3.8) is 0 Å². The number of nitrogens with zero attached hydrogens (tertiary/aromatic N) is 1. The number of rotatable bonds is 7. The van der Waals surface area contributed by atoms with Gasteiger partial charge in [0, 0.05) is 37.8 Å². The van der Waals surface area contributed by atoms with Crippen LogP contribution in [0.2, 0.25) is 0 Å². The number of carbonyl (C=O) groups is 2. The van der Waals surface area contributed by atoms with E-state index in [2.05, 4.69) is 15.5 Å². The fraction of sp³-hybridized carbons (Fsp3) is 0.400. The Bertz CT molecular complexity index is 758. The summed E-state index contributed by atoms with van der Waals surface area (Å²) in [5.41, 5.74) is 0.890. The molecule has 2 heterocycles. The van der Waals surface area contributed by atoms with Crippen molar-refractivity contribution in [1.82, 2.24) is 10.6 Å². The molecule has 1 fully saturated rings. The molecule has 1 aromatic heterocycles. The van der Waals surface area contributed by atoms with E-state index in [0.717, 1.165) is 31.6 Å². The molecule has 0 aliphatic carbocycles. The smallest absolute Gasteiger partial charge is 0.261 e. The Kier molecular flexibility index (Phi) is 6.81. The highest BCUT2D eigenvalue weighted by Gasteiger charge is 2.21. The van der Waals surface area contributed by atoms with Gasteiger partial charge in [-0.25, -0.2) is 4.39 Å². The van der Waals surface area contributed by atoms with Crippen LogP contribution >= 0.6 is 11.3 Å². The van der Waals surface area contributed by atoms with Gasteiger partial charge in [-0.15, -0.1) is 11.3 Å². The molecule has 2 amide bonds. The Morgan fingerprint density at radius 1 is 1.19 bits per heavy atom. The van der Waals surface area contributed by atoms with Crippen molar-refractivity contribution in [3.05, 3.63) is 52.5 Å². The quantitative estimate of drug-likeness (QED) is 0.715. The molecule has 1 saturated heterocycles. The standard InChI is InChI=1S/C20H24FN3O2S/c21-15-4-1-5-17(14-15)24-11-8-16(9-12-24)23-19(25)7-2-10-22-20(26)18-6-3-13-27-18/h1,3-6,13-14,16H,2,7-12H2,(H,22,26)(H,23,25). The summed E-state index contributed by atoms with van der Waals surface area (Å²) >= 11 is 1.40. The van der Waals surface area contributed by atoms with E-state index in [9.17, 15) is 14.0 Å². The lowest BCUT2D eigenvalue weighted by Crippen LogP contribution is -2.44. The first-order valence-electron chi connectivity index (χ1n) is 9.23. The highest BCUT2D eigenvalue weighted by molar-refractivity contribution is 7.12. The Labute approximate surface area is 162 Å². The molecule has 5 nitrogen and oxygen atoms in total. The van der Waals surface area contributed by atoms with Crippen LogP contribution in [-0.2, 0) is 4.79 Å². The maximum Gasteiger partial charge on any atom is 0.261 e. The summed E-state index contributed by atoms with van der Waals surface area (Å²) in [6.45, 7) is 2.08. The maximum absolute atomic E-state index is 13.3. The molecule has 1 aliphatic heterocycles. The van der Waals surface area contributed by atoms with Gasteiger partial charge in [-0.05, 0) is 48.9 Å². The third kappa shape index (κ3) is 5.79. The number of nitrogens with one attached hydrogen (secondary N) is 2. The number of anilines is 1. The van der Waals surface area contributed by atoms with Crippen LogP contribution in [0, 0.1) is 5.82 Å². The Morgan fingerprint density at radius 2 is 2.00 bits per heavy atom. The highest BCUT2D eigenvalue weighted by Crippen LogP contribution is 2.20. The van der Waals surface area contributed by atoms with Crippen molar-refractivity contribution in [2.75, 3.05) is 24.5 Å². The third-order valence-corrected chi connectivity index (χ3v) is 5.51. The van der Waals surface area contributed by atoms with Crippen LogP contribution < -0.4 is 15.5 Å². The van der Waals surface area contributed by atoms with E-state index >= 15 is 0 Å². The molecule has 1 aromatic carbocycles. The Balaban J connectivity index is 1.32. The van der Waals surface area contributed by atoms with Gasteiger partial charge in [0.25, 0.3) is 5.91 Å². The zero-order chi connectivity index (χ0) is 19.1. The van der Waals surface area contributed by atoms with Crippen molar-refractivity contribution in [2.24, 2.45) is 0 Å². The maximum atomic E-state index is 13.3. The number of amides is 2. The number of benzene rings is 1. The third-order valence-electron chi connectivity index (χ3n) is 4.64. The van der Waals surface area contributed by atoms with Crippen LogP contribution in [0.5, 0.6) is 0 Å². The minimum atomic E-state index is -0.228. The lowest BCUT2D eigenvalue weighted by atomic mass is 10.0. The Hall–Kier alpha value is -2.41. The molecule has 0 spiro atoms. The molecule has 144 valence electrons. The van der Waals surface area contributed by atoms with Crippen molar-refractivity contribution in [3.8, 4) is 0 Å². The topological polar surface area (TPSA) is 61.4 Å². The van der Waals surface area contributed by atoms with Crippen LogP contribution in [0.3, 0.4) is 0 Å². The number of hydrogen-bond donors (Lipinski definition) is 2. The van der Waals surface area contributed by atoms with Crippen LogP contribution in [-0.4, -0.2) is 37.5 Å². The summed E-state index contributed by atoms with van der Waals surface area (Å²) in [6.07, 6.45) is 2.70. The fourth-order valence-corrected chi connectivity index (χ4v) is 3.84. The molecular weight excluding hydrogens is 365 g/mol. The molecule has 3 rings (SSSR count). The van der Waals surface area contributed by atoms with Gasteiger partial charge in [-0.1, -0.05) is 12.1 Å². The van der Waals surface area contributed by atoms with Gasteiger partial charge in [0.15, 0.2) is 0 Å². The first-order chi connectivity index (χ1) is 13.1. The monoisotopic (exact) mass is 389 g/mol. The largest absolute Gasteiger partial charge is 0.371 e. The van der Waals surface area contributed by atoms with E-state index in [0.29, 0.717) is 24.3 Å². The second-order valence-corrected chi connectivity index (χ2v) is 7.59. The molecule has 0 bridgehead atoms. The summed E-state index contributed by atoms with van der Waals surface area (Å²) in [7, 11) is 0. The number of carbonyl (C=O) groups excluding carboxylic acids is 2. The van der Waals surface area contributed by atoms with Crippen molar-refractivity contribution in [1.29, 1.82) is 0 Å². The van der Waals surface area contributed by atoms with E-state index in [4.69, 9.17) is 0 Å². The summed E-state index contributed by atoms with van der Waals surface area (Å²) in [4.78, 5) is 26.7. The molecule has 27 heavy (non-hydrogen) atoms. The number of piperidine rings is 1. The van der Waals surface area contributed by atoms with E-state index in [-0.39, 0.29) is 23.7 Å². The zero-order valence-electron chi connectivity index (χ0n) is 15.1. The van der Waals surface area contributed by atoms with Gasteiger partial charge < -0.3 is 15.5 Å². The molecule has 2 N–H and O–H groups in total. The van der Waals surface area contributed by atoms with Gasteiger partial charge >= 0.3 is 0 Å². The van der Waals surface area contributed by atoms with Crippen molar-refractivity contribution in [2.45, 2.75) is 31.7 Å². The summed E-state index contributed by atoms with van der Waals surface area (Å²) < 4.78 is 13.3. The lowest BCUT2D eigenvalue weighted by Gasteiger charge is -2.34. The number of thiophene rings is 1. The summed E-state index contributed by atoms with van der Waals surface area (Å²) in [5.74, 6) is -0.297. The van der Waals surface area contributed by atoms with Gasteiger partial charge in [0.1, 0.15) is 5.82 Å². The van der Waals surface area contributed by atoms with Crippen molar-refractivity contribution < 1.29 is 14.0 Å². The van der Waals surface area contributed by atoms with Crippen LogP contribution in [0.15, 0.2) is 41.8 Å². The molecule has 0 saturated carbocycles. The van der Waals surface area contributed by atoms with Crippen LogP contribution in [0.4, 0.5) is 10.1 Å². The first-order valence-corrected chi connectivity index (χ1v) is 10.1. The van der Waals surface area contributed by atoms with E-state index in [1.807, 2.05) is 17.5 Å². The molecular formula is C20H24FN3O2S. The average molecular weight is 389 g/mol. The van der Waals surface area contributed by atoms with E-state index in [1.54, 1.807) is 18.2 Å². The highest BCUT2D eigenvalue weighted by atomic mass is 32.1. The van der Waals surface area contributed by atoms with Gasteiger partial charge in [0.2, 0.25) is 5.91 Å². The molecule has 1 aliphatic rings. The van der Waals surface area contributed by atoms with Gasteiger partial charge in [-0.3, -0.25) is 9.59 Å². The molecule has 0 radical (unpaired) electrons. The zero-order valence-corrected chi connectivity index (χ0v) is 15.9. The minimum absolute atomic E-state index is 0.0181. The fourth-order valence-electron chi connectivity index (χ4n) is 3.20. The summed E-state index contributed by atoms with van der Waals surface area (Å²) in [5, 5.41) is 7.76.